The zero-order valence-corrected chi connectivity index (χ0v) is 15.0. The van der Waals surface area contributed by atoms with E-state index >= 15 is 0 Å². The standard InChI is InChI=1S/C21H27N3O/c1-23(15-17-10-11-22-20-9-5-4-8-19(17)20)13-16-12-21(25)24(14-16)18-6-2-3-7-18/h4-5,8-11,16,18H,2-3,6-7,12-15H2,1H3. The van der Waals surface area contributed by atoms with Crippen LogP contribution in [-0.2, 0) is 11.3 Å². The number of amides is 1. The smallest absolute Gasteiger partial charge is 0.223 e. The highest BCUT2D eigenvalue weighted by molar-refractivity contribution is 5.81. The molecular weight excluding hydrogens is 310 g/mol. The molecule has 0 radical (unpaired) electrons. The molecular formula is C21H27N3O. The van der Waals surface area contributed by atoms with E-state index in [0.717, 1.165) is 31.6 Å². The first kappa shape index (κ1) is 16.5. The van der Waals surface area contributed by atoms with Gasteiger partial charge in [-0.3, -0.25) is 9.78 Å². The van der Waals surface area contributed by atoms with Gasteiger partial charge in [-0.25, -0.2) is 0 Å². The molecule has 1 aliphatic carbocycles. The Labute approximate surface area is 149 Å². The molecule has 1 saturated carbocycles. The molecule has 1 saturated heterocycles. The van der Waals surface area contributed by atoms with Crippen molar-refractivity contribution >= 4 is 16.8 Å². The summed E-state index contributed by atoms with van der Waals surface area (Å²) in [5.41, 5.74) is 2.36. The monoisotopic (exact) mass is 337 g/mol. The summed E-state index contributed by atoms with van der Waals surface area (Å²) in [7, 11) is 2.16. The molecule has 4 heteroatoms. The van der Waals surface area contributed by atoms with E-state index in [0.29, 0.717) is 17.9 Å². The molecule has 0 N–H and O–H groups in total. The van der Waals surface area contributed by atoms with Crippen LogP contribution >= 0.6 is 0 Å². The van der Waals surface area contributed by atoms with Gasteiger partial charge in [-0.15, -0.1) is 0 Å². The number of pyridine rings is 1. The van der Waals surface area contributed by atoms with Gasteiger partial charge >= 0.3 is 0 Å². The van der Waals surface area contributed by atoms with Crippen LogP contribution in [-0.4, -0.2) is 46.9 Å². The number of hydrogen-bond donors (Lipinski definition) is 0. The van der Waals surface area contributed by atoms with E-state index in [1.807, 2.05) is 12.3 Å². The zero-order valence-electron chi connectivity index (χ0n) is 15.0. The number of aromatic nitrogens is 1. The molecule has 25 heavy (non-hydrogen) atoms. The summed E-state index contributed by atoms with van der Waals surface area (Å²) in [5.74, 6) is 0.839. The second-order valence-electron chi connectivity index (χ2n) is 7.74. The van der Waals surface area contributed by atoms with Crippen LogP contribution in [0.3, 0.4) is 0 Å². The molecule has 2 heterocycles. The van der Waals surface area contributed by atoms with Crippen molar-refractivity contribution in [3.05, 3.63) is 42.1 Å². The molecule has 2 fully saturated rings. The number of nitrogens with zero attached hydrogens (tertiary/aromatic N) is 3. The summed E-state index contributed by atoms with van der Waals surface area (Å²) in [4.78, 5) is 21.4. The van der Waals surface area contributed by atoms with Crippen molar-refractivity contribution < 1.29 is 4.79 Å². The molecule has 1 unspecified atom stereocenters. The van der Waals surface area contributed by atoms with Crippen LogP contribution in [0.2, 0.25) is 0 Å². The summed E-state index contributed by atoms with van der Waals surface area (Å²) in [6.07, 6.45) is 7.60. The Bertz CT molecular complexity index is 748. The van der Waals surface area contributed by atoms with Gasteiger partial charge in [0.2, 0.25) is 5.91 Å². The Morgan fingerprint density at radius 2 is 2.00 bits per heavy atom. The van der Waals surface area contributed by atoms with Crippen LogP contribution in [0.1, 0.15) is 37.7 Å². The van der Waals surface area contributed by atoms with Gasteiger partial charge in [-0.2, -0.15) is 0 Å². The maximum Gasteiger partial charge on any atom is 0.223 e. The summed E-state index contributed by atoms with van der Waals surface area (Å²) in [5, 5.41) is 1.23. The van der Waals surface area contributed by atoms with E-state index in [1.54, 1.807) is 0 Å². The second-order valence-corrected chi connectivity index (χ2v) is 7.74. The minimum atomic E-state index is 0.375. The van der Waals surface area contributed by atoms with E-state index < -0.39 is 0 Å². The number of benzene rings is 1. The Kier molecular flexibility index (Phi) is 4.71. The van der Waals surface area contributed by atoms with Crippen molar-refractivity contribution in [3.8, 4) is 0 Å². The van der Waals surface area contributed by atoms with Crippen LogP contribution in [0.25, 0.3) is 10.9 Å². The molecule has 2 aliphatic rings. The Hall–Kier alpha value is -1.94. The van der Waals surface area contributed by atoms with E-state index in [2.05, 4.69) is 46.1 Å². The third-order valence-corrected chi connectivity index (χ3v) is 5.75. The van der Waals surface area contributed by atoms with E-state index in [-0.39, 0.29) is 0 Å². The van der Waals surface area contributed by atoms with Gasteiger partial charge in [-0.05, 0) is 43.5 Å². The molecule has 1 amide bonds. The molecule has 4 nitrogen and oxygen atoms in total. The average molecular weight is 337 g/mol. The predicted octanol–water partition coefficient (Wildman–Crippen LogP) is 3.46. The molecule has 0 spiro atoms. The van der Waals surface area contributed by atoms with E-state index in [9.17, 15) is 4.79 Å². The number of para-hydroxylation sites is 1. The van der Waals surface area contributed by atoms with Crippen LogP contribution < -0.4 is 0 Å². The zero-order chi connectivity index (χ0) is 17.2. The van der Waals surface area contributed by atoms with Crippen molar-refractivity contribution in [2.24, 2.45) is 5.92 Å². The normalized spacial score (nSPS) is 21.8. The quantitative estimate of drug-likeness (QED) is 0.838. The van der Waals surface area contributed by atoms with Gasteiger partial charge in [0.1, 0.15) is 0 Å². The van der Waals surface area contributed by atoms with Crippen molar-refractivity contribution in [1.82, 2.24) is 14.8 Å². The number of carbonyl (C=O) groups is 1. The van der Waals surface area contributed by atoms with Gasteiger partial charge in [0, 0.05) is 43.7 Å². The van der Waals surface area contributed by atoms with Crippen molar-refractivity contribution in [1.29, 1.82) is 0 Å². The van der Waals surface area contributed by atoms with Gasteiger partial charge < -0.3 is 9.80 Å². The second kappa shape index (κ2) is 7.12. The van der Waals surface area contributed by atoms with Gasteiger partial charge in [0.15, 0.2) is 0 Å². The van der Waals surface area contributed by atoms with Crippen LogP contribution in [0.4, 0.5) is 0 Å². The maximum absolute atomic E-state index is 12.4. The van der Waals surface area contributed by atoms with Crippen LogP contribution in [0, 0.1) is 5.92 Å². The first-order valence-corrected chi connectivity index (χ1v) is 9.51. The lowest BCUT2D eigenvalue weighted by molar-refractivity contribution is -0.129. The summed E-state index contributed by atoms with van der Waals surface area (Å²) < 4.78 is 0. The Balaban J connectivity index is 1.39. The fraction of sp³-hybridized carbons (Fsp3) is 0.524. The third-order valence-electron chi connectivity index (χ3n) is 5.75. The van der Waals surface area contributed by atoms with Crippen molar-refractivity contribution in [2.45, 2.75) is 44.7 Å². The Morgan fingerprint density at radius 1 is 1.20 bits per heavy atom. The minimum Gasteiger partial charge on any atom is -0.339 e. The molecule has 1 aromatic carbocycles. The Morgan fingerprint density at radius 3 is 2.84 bits per heavy atom. The van der Waals surface area contributed by atoms with E-state index in [1.165, 1.54) is 36.6 Å². The maximum atomic E-state index is 12.4. The van der Waals surface area contributed by atoms with Gasteiger partial charge in [0.05, 0.1) is 5.52 Å². The minimum absolute atomic E-state index is 0.375. The average Bonchev–Trinajstić information content (AvgIpc) is 3.25. The van der Waals surface area contributed by atoms with Crippen LogP contribution in [0.15, 0.2) is 36.5 Å². The van der Waals surface area contributed by atoms with Crippen molar-refractivity contribution in [3.63, 3.8) is 0 Å². The van der Waals surface area contributed by atoms with Gasteiger partial charge in [0.25, 0.3) is 0 Å². The number of hydrogen-bond acceptors (Lipinski definition) is 3. The topological polar surface area (TPSA) is 36.4 Å². The summed E-state index contributed by atoms with van der Waals surface area (Å²) >= 11 is 0. The molecule has 2 aromatic rings. The lowest BCUT2D eigenvalue weighted by Gasteiger charge is -2.25. The summed E-state index contributed by atoms with van der Waals surface area (Å²) in [6, 6.07) is 10.9. The third kappa shape index (κ3) is 3.54. The molecule has 1 aromatic heterocycles. The lowest BCUT2D eigenvalue weighted by Crippen LogP contribution is -2.35. The largest absolute Gasteiger partial charge is 0.339 e. The highest BCUT2D eigenvalue weighted by atomic mass is 16.2. The van der Waals surface area contributed by atoms with Gasteiger partial charge in [-0.1, -0.05) is 31.0 Å². The number of likely N-dealkylation sites (tertiary alicyclic amines) is 1. The molecule has 1 aliphatic heterocycles. The molecule has 132 valence electrons. The molecule has 0 bridgehead atoms. The van der Waals surface area contributed by atoms with E-state index in [4.69, 9.17) is 0 Å². The SMILES string of the molecule is CN(Cc1ccnc2ccccc12)CC1CC(=O)N(C2CCCC2)C1. The number of carbonyl (C=O) groups excluding carboxylic acids is 1. The van der Waals surface area contributed by atoms with Crippen molar-refractivity contribution in [2.75, 3.05) is 20.1 Å². The van der Waals surface area contributed by atoms with Crippen LogP contribution in [0.5, 0.6) is 0 Å². The molecule has 1 atom stereocenters. The first-order chi connectivity index (χ1) is 12.2. The highest BCUT2D eigenvalue weighted by Gasteiger charge is 2.35. The fourth-order valence-electron chi connectivity index (χ4n) is 4.59. The number of rotatable bonds is 5. The predicted molar refractivity (Wildman–Crippen MR) is 100 cm³/mol. The lowest BCUT2D eigenvalue weighted by atomic mass is 10.1. The first-order valence-electron chi connectivity index (χ1n) is 9.51. The molecule has 4 rings (SSSR count). The fourth-order valence-corrected chi connectivity index (χ4v) is 4.59. The summed E-state index contributed by atoms with van der Waals surface area (Å²) in [6.45, 7) is 2.83. The highest BCUT2D eigenvalue weighted by Crippen LogP contribution is 2.30. The number of fused-ring (bicyclic) bond motifs is 1.